The Morgan fingerprint density at radius 1 is 1.47 bits per heavy atom. The number of hydrogen-bond acceptors (Lipinski definition) is 3. The Kier molecular flexibility index (Phi) is 3.07. The van der Waals surface area contributed by atoms with Crippen molar-refractivity contribution in [3.8, 4) is 0 Å². The van der Waals surface area contributed by atoms with Crippen LogP contribution in [-0.2, 0) is 6.54 Å². The van der Waals surface area contributed by atoms with Crippen LogP contribution in [0.3, 0.4) is 0 Å². The zero-order valence-corrected chi connectivity index (χ0v) is 9.56. The molecule has 2 unspecified atom stereocenters. The maximum atomic E-state index is 6.18. The first-order chi connectivity index (χ1) is 7.27. The average molecular weight is 208 g/mol. The first-order valence-corrected chi connectivity index (χ1v) is 5.79. The molecule has 0 spiro atoms. The van der Waals surface area contributed by atoms with Gasteiger partial charge < -0.3 is 5.73 Å². The number of nitrogens with two attached hydrogens (primary N) is 1. The van der Waals surface area contributed by atoms with E-state index in [1.807, 2.05) is 6.20 Å². The Hall–Kier alpha value is -0.870. The maximum Gasteiger partial charge on any atom is 0.0670 e. The van der Waals surface area contributed by atoms with Gasteiger partial charge in [-0.1, -0.05) is 6.92 Å². The molecule has 1 fully saturated rings. The Balaban J connectivity index is 2.27. The van der Waals surface area contributed by atoms with Gasteiger partial charge in [-0.25, -0.2) is 0 Å². The number of hydrogen-bond donors (Lipinski definition) is 1. The maximum absolute atomic E-state index is 6.18. The van der Waals surface area contributed by atoms with Gasteiger partial charge in [0.2, 0.25) is 0 Å². The highest BCUT2D eigenvalue weighted by atomic mass is 15.3. The van der Waals surface area contributed by atoms with E-state index < -0.39 is 0 Å². The average Bonchev–Trinajstić information content (AvgIpc) is 2.82. The van der Waals surface area contributed by atoms with Gasteiger partial charge in [0.25, 0.3) is 0 Å². The number of likely N-dealkylation sites (N-methyl/N-ethyl adjacent to an activating group) is 1. The molecule has 1 aliphatic heterocycles. The van der Waals surface area contributed by atoms with Crippen LogP contribution in [0.1, 0.15) is 32.0 Å². The minimum absolute atomic E-state index is 0.256. The second-order valence-corrected chi connectivity index (χ2v) is 4.10. The molecule has 4 nitrogen and oxygen atoms in total. The van der Waals surface area contributed by atoms with Crippen molar-refractivity contribution in [3.05, 3.63) is 18.0 Å². The van der Waals surface area contributed by atoms with E-state index in [9.17, 15) is 0 Å². The quantitative estimate of drug-likeness (QED) is 0.806. The van der Waals surface area contributed by atoms with Gasteiger partial charge in [-0.15, -0.1) is 0 Å². The zero-order valence-electron chi connectivity index (χ0n) is 9.56. The summed E-state index contributed by atoms with van der Waals surface area (Å²) >= 11 is 0. The molecule has 0 bridgehead atoms. The van der Waals surface area contributed by atoms with Gasteiger partial charge in [-0.2, -0.15) is 5.10 Å². The summed E-state index contributed by atoms with van der Waals surface area (Å²) in [6, 6.07) is 2.71. The molecule has 2 rings (SSSR count). The molecule has 0 aliphatic carbocycles. The summed E-state index contributed by atoms with van der Waals surface area (Å²) in [5, 5.41) is 4.32. The van der Waals surface area contributed by atoms with Crippen LogP contribution in [-0.4, -0.2) is 33.8 Å². The molecule has 4 heteroatoms. The molecule has 0 radical (unpaired) electrons. The van der Waals surface area contributed by atoms with Crippen LogP contribution in [0.25, 0.3) is 0 Å². The summed E-state index contributed by atoms with van der Waals surface area (Å²) in [6.07, 6.45) is 2.96. The molecular weight excluding hydrogens is 188 g/mol. The lowest BCUT2D eigenvalue weighted by Crippen LogP contribution is -2.33. The number of aromatic nitrogens is 2. The third-order valence-corrected chi connectivity index (χ3v) is 3.31. The molecule has 2 heterocycles. The standard InChI is InChI=1S/C11H20N4/c1-3-14-8-6-9(12)11(14)10-5-7-13-15(10)4-2/h5,7,9,11H,3-4,6,8,12H2,1-2H3. The second-order valence-electron chi connectivity index (χ2n) is 4.10. The largest absolute Gasteiger partial charge is 0.326 e. The van der Waals surface area contributed by atoms with Crippen molar-refractivity contribution < 1.29 is 0 Å². The lowest BCUT2D eigenvalue weighted by Gasteiger charge is -2.25. The molecule has 15 heavy (non-hydrogen) atoms. The normalized spacial score (nSPS) is 27.4. The van der Waals surface area contributed by atoms with Crippen LogP contribution in [0.15, 0.2) is 12.3 Å². The van der Waals surface area contributed by atoms with Gasteiger partial charge in [0.05, 0.1) is 11.7 Å². The van der Waals surface area contributed by atoms with Crippen molar-refractivity contribution in [2.24, 2.45) is 5.73 Å². The molecule has 2 atom stereocenters. The lowest BCUT2D eigenvalue weighted by molar-refractivity contribution is 0.249. The van der Waals surface area contributed by atoms with Crippen molar-refractivity contribution >= 4 is 0 Å². The van der Waals surface area contributed by atoms with E-state index in [-0.39, 0.29) is 6.04 Å². The lowest BCUT2D eigenvalue weighted by atomic mass is 10.1. The molecule has 1 aliphatic rings. The molecule has 0 amide bonds. The second kappa shape index (κ2) is 4.33. The minimum Gasteiger partial charge on any atom is -0.326 e. The topological polar surface area (TPSA) is 47.1 Å². The smallest absolute Gasteiger partial charge is 0.0670 e. The molecule has 2 N–H and O–H groups in total. The highest BCUT2D eigenvalue weighted by molar-refractivity contribution is 5.12. The minimum atomic E-state index is 0.256. The first-order valence-electron chi connectivity index (χ1n) is 5.79. The van der Waals surface area contributed by atoms with Crippen molar-refractivity contribution in [1.29, 1.82) is 0 Å². The van der Waals surface area contributed by atoms with E-state index in [1.54, 1.807) is 0 Å². The fraction of sp³-hybridized carbons (Fsp3) is 0.727. The van der Waals surface area contributed by atoms with E-state index in [0.717, 1.165) is 26.1 Å². The van der Waals surface area contributed by atoms with Crippen LogP contribution >= 0.6 is 0 Å². The Morgan fingerprint density at radius 3 is 2.93 bits per heavy atom. The van der Waals surface area contributed by atoms with Crippen molar-refractivity contribution in [2.75, 3.05) is 13.1 Å². The third kappa shape index (κ3) is 1.79. The van der Waals surface area contributed by atoms with Crippen LogP contribution in [0.5, 0.6) is 0 Å². The Labute approximate surface area is 91.1 Å². The Bertz CT molecular complexity index is 320. The molecular formula is C11H20N4. The van der Waals surface area contributed by atoms with Gasteiger partial charge in [0.15, 0.2) is 0 Å². The molecule has 0 aromatic carbocycles. The van der Waals surface area contributed by atoms with Crippen LogP contribution in [0, 0.1) is 0 Å². The van der Waals surface area contributed by atoms with Crippen molar-refractivity contribution in [2.45, 2.75) is 38.9 Å². The summed E-state index contributed by atoms with van der Waals surface area (Å²) in [5.74, 6) is 0. The highest BCUT2D eigenvalue weighted by Crippen LogP contribution is 2.30. The number of rotatable bonds is 3. The molecule has 1 aromatic heterocycles. The molecule has 1 saturated heterocycles. The van der Waals surface area contributed by atoms with Crippen LogP contribution < -0.4 is 5.73 Å². The summed E-state index contributed by atoms with van der Waals surface area (Å²) in [7, 11) is 0. The zero-order chi connectivity index (χ0) is 10.8. The van der Waals surface area contributed by atoms with Gasteiger partial charge in [0.1, 0.15) is 0 Å². The van der Waals surface area contributed by atoms with Gasteiger partial charge in [-0.3, -0.25) is 9.58 Å². The number of aryl methyl sites for hydroxylation is 1. The van der Waals surface area contributed by atoms with Crippen molar-refractivity contribution in [1.82, 2.24) is 14.7 Å². The van der Waals surface area contributed by atoms with Crippen LogP contribution in [0.2, 0.25) is 0 Å². The van der Waals surface area contributed by atoms with E-state index in [0.29, 0.717) is 6.04 Å². The van der Waals surface area contributed by atoms with Gasteiger partial charge in [0, 0.05) is 25.3 Å². The monoisotopic (exact) mass is 208 g/mol. The third-order valence-electron chi connectivity index (χ3n) is 3.31. The SMILES string of the molecule is CCN1CCC(N)C1c1ccnn1CC. The summed E-state index contributed by atoms with van der Waals surface area (Å²) < 4.78 is 2.05. The van der Waals surface area contributed by atoms with Gasteiger partial charge in [-0.05, 0) is 26.0 Å². The predicted octanol–water partition coefficient (Wildman–Crippen LogP) is 0.997. The fourth-order valence-corrected chi connectivity index (χ4v) is 2.50. The van der Waals surface area contributed by atoms with E-state index in [1.165, 1.54) is 5.69 Å². The molecule has 1 aromatic rings. The summed E-state index contributed by atoms with van der Waals surface area (Å²) in [4.78, 5) is 2.44. The Morgan fingerprint density at radius 2 is 2.27 bits per heavy atom. The predicted molar refractivity (Wildman–Crippen MR) is 60.5 cm³/mol. The highest BCUT2D eigenvalue weighted by Gasteiger charge is 2.33. The number of likely N-dealkylation sites (tertiary alicyclic amines) is 1. The summed E-state index contributed by atoms with van der Waals surface area (Å²) in [6.45, 7) is 7.40. The van der Waals surface area contributed by atoms with E-state index >= 15 is 0 Å². The van der Waals surface area contributed by atoms with E-state index in [2.05, 4.69) is 34.6 Å². The van der Waals surface area contributed by atoms with Gasteiger partial charge >= 0.3 is 0 Å². The van der Waals surface area contributed by atoms with Crippen LogP contribution in [0.4, 0.5) is 0 Å². The summed E-state index contributed by atoms with van der Waals surface area (Å²) in [5.41, 5.74) is 7.44. The fourth-order valence-electron chi connectivity index (χ4n) is 2.50. The first kappa shape index (κ1) is 10.6. The molecule has 84 valence electrons. The molecule has 0 saturated carbocycles. The van der Waals surface area contributed by atoms with Crippen molar-refractivity contribution in [3.63, 3.8) is 0 Å². The van der Waals surface area contributed by atoms with E-state index in [4.69, 9.17) is 5.73 Å². The number of nitrogens with zero attached hydrogens (tertiary/aromatic N) is 3.